The second-order valence-electron chi connectivity index (χ2n) is 7.79. The molecule has 8 nitrogen and oxygen atoms in total. The minimum absolute atomic E-state index is 0.0205. The number of likely N-dealkylation sites (tertiary alicyclic amines) is 1. The Hall–Kier alpha value is -2.78. The molecule has 1 aliphatic heterocycles. The number of halogens is 1. The predicted octanol–water partition coefficient (Wildman–Crippen LogP) is 2.93. The van der Waals surface area contributed by atoms with Crippen LogP contribution < -0.4 is 10.6 Å². The predicted molar refractivity (Wildman–Crippen MR) is 125 cm³/mol. The van der Waals surface area contributed by atoms with Gasteiger partial charge in [-0.25, -0.2) is 9.97 Å². The highest BCUT2D eigenvalue weighted by atomic mass is 79.9. The summed E-state index contributed by atoms with van der Waals surface area (Å²) in [5.74, 6) is 0.346. The maximum Gasteiger partial charge on any atom is 0.253 e. The highest BCUT2D eigenvalue weighted by molar-refractivity contribution is 9.10. The van der Waals surface area contributed by atoms with E-state index in [1.807, 2.05) is 36.9 Å². The van der Waals surface area contributed by atoms with Crippen LogP contribution in [0.5, 0.6) is 0 Å². The van der Waals surface area contributed by atoms with Gasteiger partial charge in [-0.2, -0.15) is 0 Å². The Morgan fingerprint density at radius 2 is 2.03 bits per heavy atom. The molecule has 0 spiro atoms. The largest absolute Gasteiger partial charge is 0.350 e. The first kappa shape index (κ1) is 22.9. The lowest BCUT2D eigenvalue weighted by atomic mass is 10.1. The first-order valence-electron chi connectivity index (χ1n) is 10.1. The number of nitrogens with one attached hydrogen (secondary N) is 2. The van der Waals surface area contributed by atoms with Gasteiger partial charge in [-0.3, -0.25) is 9.59 Å². The van der Waals surface area contributed by atoms with E-state index in [2.05, 4.69) is 36.5 Å². The zero-order valence-corrected chi connectivity index (χ0v) is 19.5. The Morgan fingerprint density at radius 3 is 2.71 bits per heavy atom. The first-order valence-corrected chi connectivity index (χ1v) is 10.9. The van der Waals surface area contributed by atoms with Crippen LogP contribution in [0.25, 0.3) is 0 Å². The van der Waals surface area contributed by atoms with E-state index in [-0.39, 0.29) is 17.9 Å². The van der Waals surface area contributed by atoms with E-state index in [9.17, 15) is 9.59 Å². The van der Waals surface area contributed by atoms with Gasteiger partial charge in [0.15, 0.2) is 0 Å². The molecule has 1 aromatic heterocycles. The fraction of sp³-hybridized carbons (Fsp3) is 0.364. The molecule has 3 rings (SSSR count). The number of hydrogen-bond acceptors (Lipinski definition) is 6. The minimum atomic E-state index is -0.187. The molecule has 0 radical (unpaired) electrons. The molecule has 1 aromatic carbocycles. The summed E-state index contributed by atoms with van der Waals surface area (Å²) in [5, 5.41) is 6.14. The summed E-state index contributed by atoms with van der Waals surface area (Å²) < 4.78 is 0.820. The molecule has 2 amide bonds. The number of carbonyl (C=O) groups excluding carboxylic acids is 2. The van der Waals surface area contributed by atoms with Crippen molar-refractivity contribution in [2.45, 2.75) is 19.4 Å². The third-order valence-electron chi connectivity index (χ3n) is 4.90. The van der Waals surface area contributed by atoms with E-state index >= 15 is 0 Å². The molecule has 2 aromatic rings. The maximum atomic E-state index is 12.9. The number of anilines is 2. The average molecular weight is 487 g/mol. The third-order valence-corrected chi connectivity index (χ3v) is 5.31. The van der Waals surface area contributed by atoms with Crippen molar-refractivity contribution >= 4 is 39.4 Å². The van der Waals surface area contributed by atoms with Gasteiger partial charge in [0.25, 0.3) is 5.91 Å². The Bertz CT molecular complexity index is 961. The average Bonchev–Trinajstić information content (AvgIpc) is 3.19. The molecule has 0 unspecified atom stereocenters. The van der Waals surface area contributed by atoms with Crippen LogP contribution in [0.3, 0.4) is 0 Å². The molecule has 1 saturated heterocycles. The second kappa shape index (κ2) is 10.5. The number of carbonyl (C=O) groups is 2. The first-order chi connectivity index (χ1) is 14.8. The topological polar surface area (TPSA) is 90.5 Å². The smallest absolute Gasteiger partial charge is 0.253 e. The molecule has 31 heavy (non-hydrogen) atoms. The van der Waals surface area contributed by atoms with Crippen LogP contribution in [-0.2, 0) is 4.79 Å². The van der Waals surface area contributed by atoms with E-state index in [1.54, 1.807) is 30.6 Å². The summed E-state index contributed by atoms with van der Waals surface area (Å²) in [5.41, 5.74) is 2.15. The molecule has 1 aliphatic rings. The fourth-order valence-corrected chi connectivity index (χ4v) is 3.50. The second-order valence-corrected chi connectivity index (χ2v) is 8.71. The molecule has 2 N–H and O–H groups in total. The normalized spacial score (nSPS) is 16.2. The lowest BCUT2D eigenvalue weighted by Gasteiger charge is -2.18. The van der Waals surface area contributed by atoms with Crippen molar-refractivity contribution in [3.05, 3.63) is 58.3 Å². The number of likely N-dealkylation sites (N-methyl/N-ethyl adjacent to an activating group) is 1. The van der Waals surface area contributed by atoms with E-state index in [0.717, 1.165) is 16.5 Å². The van der Waals surface area contributed by atoms with Crippen LogP contribution in [0.1, 0.15) is 22.3 Å². The SMILES string of the molecule is Cc1cc(C(=O)N2CC[C@@H](Nc3ncc(Br)cn3)C2)ccc1NC(=O)/C=C/CN(C)C. The molecular formula is C22H27BrN6O2. The Labute approximate surface area is 190 Å². The number of nitrogens with zero attached hydrogens (tertiary/aromatic N) is 4. The molecular weight excluding hydrogens is 460 g/mol. The number of aryl methyl sites for hydroxylation is 1. The van der Waals surface area contributed by atoms with Crippen LogP contribution in [-0.4, -0.2) is 71.4 Å². The maximum absolute atomic E-state index is 12.9. The van der Waals surface area contributed by atoms with E-state index < -0.39 is 0 Å². The molecule has 164 valence electrons. The van der Waals surface area contributed by atoms with Crippen molar-refractivity contribution < 1.29 is 9.59 Å². The molecule has 2 heterocycles. The Balaban J connectivity index is 1.57. The van der Waals surface area contributed by atoms with Crippen LogP contribution in [0, 0.1) is 6.92 Å². The van der Waals surface area contributed by atoms with Crippen LogP contribution in [0.15, 0.2) is 47.2 Å². The minimum Gasteiger partial charge on any atom is -0.350 e. The third kappa shape index (κ3) is 6.60. The number of rotatable bonds is 7. The van der Waals surface area contributed by atoms with Gasteiger partial charge < -0.3 is 20.4 Å². The van der Waals surface area contributed by atoms with Gasteiger partial charge in [-0.05, 0) is 67.1 Å². The Morgan fingerprint density at radius 1 is 1.29 bits per heavy atom. The highest BCUT2D eigenvalue weighted by Gasteiger charge is 2.27. The fourth-order valence-electron chi connectivity index (χ4n) is 3.30. The van der Waals surface area contributed by atoms with Gasteiger partial charge in [0.1, 0.15) is 0 Å². The van der Waals surface area contributed by atoms with Gasteiger partial charge in [-0.15, -0.1) is 0 Å². The zero-order chi connectivity index (χ0) is 22.4. The number of hydrogen-bond donors (Lipinski definition) is 2. The van der Waals surface area contributed by atoms with Gasteiger partial charge >= 0.3 is 0 Å². The molecule has 0 aliphatic carbocycles. The molecule has 0 saturated carbocycles. The number of aromatic nitrogens is 2. The highest BCUT2D eigenvalue weighted by Crippen LogP contribution is 2.21. The van der Waals surface area contributed by atoms with E-state index in [4.69, 9.17) is 0 Å². The standard InChI is InChI=1S/C22H27BrN6O2/c1-15-11-16(6-7-19(15)27-20(30)5-4-9-28(2)3)21(31)29-10-8-18(14-29)26-22-24-12-17(23)13-25-22/h4-7,11-13,18H,8-10,14H2,1-3H3,(H,27,30)(H,24,25,26)/b5-4+/t18-/m1/s1. The van der Waals surface area contributed by atoms with E-state index in [0.29, 0.717) is 36.8 Å². The molecule has 1 fully saturated rings. The Kier molecular flexibility index (Phi) is 7.75. The molecule has 1 atom stereocenters. The molecule has 9 heteroatoms. The molecule has 0 bridgehead atoms. The van der Waals surface area contributed by atoms with Crippen molar-refractivity contribution in [2.75, 3.05) is 44.4 Å². The van der Waals surface area contributed by atoms with Crippen molar-refractivity contribution in [1.82, 2.24) is 19.8 Å². The van der Waals surface area contributed by atoms with Gasteiger partial charge in [-0.1, -0.05) is 6.08 Å². The summed E-state index contributed by atoms with van der Waals surface area (Å²) in [6, 6.07) is 5.47. The summed E-state index contributed by atoms with van der Waals surface area (Å²) in [6.45, 7) is 3.84. The summed E-state index contributed by atoms with van der Waals surface area (Å²) in [7, 11) is 3.88. The van der Waals surface area contributed by atoms with Crippen molar-refractivity contribution in [3.63, 3.8) is 0 Å². The van der Waals surface area contributed by atoms with Gasteiger partial charge in [0.05, 0.1) is 4.47 Å². The van der Waals surface area contributed by atoms with E-state index in [1.165, 1.54) is 6.08 Å². The summed E-state index contributed by atoms with van der Waals surface area (Å²) in [4.78, 5) is 37.3. The van der Waals surface area contributed by atoms with Crippen molar-refractivity contribution in [2.24, 2.45) is 0 Å². The zero-order valence-electron chi connectivity index (χ0n) is 17.9. The van der Waals surface area contributed by atoms with Gasteiger partial charge in [0, 0.05) is 55.4 Å². The number of benzene rings is 1. The van der Waals surface area contributed by atoms with Crippen molar-refractivity contribution in [3.8, 4) is 0 Å². The van der Waals surface area contributed by atoms with Crippen LogP contribution >= 0.6 is 15.9 Å². The van der Waals surface area contributed by atoms with Crippen LogP contribution in [0.2, 0.25) is 0 Å². The van der Waals surface area contributed by atoms with Gasteiger partial charge in [0.2, 0.25) is 11.9 Å². The van der Waals surface area contributed by atoms with Crippen LogP contribution in [0.4, 0.5) is 11.6 Å². The lowest BCUT2D eigenvalue weighted by molar-refractivity contribution is -0.111. The lowest BCUT2D eigenvalue weighted by Crippen LogP contribution is -2.32. The number of amides is 2. The summed E-state index contributed by atoms with van der Waals surface area (Å²) in [6.07, 6.45) is 7.53. The summed E-state index contributed by atoms with van der Waals surface area (Å²) >= 11 is 3.32. The quantitative estimate of drug-likeness (QED) is 0.584. The van der Waals surface area contributed by atoms with Crippen molar-refractivity contribution in [1.29, 1.82) is 0 Å². The monoisotopic (exact) mass is 486 g/mol.